The predicted octanol–water partition coefficient (Wildman–Crippen LogP) is 3.89. The molecule has 8 heteroatoms. The molecular weight excluding hydrogens is 465 g/mol. The van der Waals surface area contributed by atoms with Gasteiger partial charge in [-0.3, -0.25) is 4.79 Å². The quantitative estimate of drug-likeness (QED) is 0.535. The molecule has 0 bridgehead atoms. The molecule has 0 fully saturated rings. The number of carbonyl (C=O) groups excluding carboxylic acids is 3. The average Bonchev–Trinajstić information content (AvgIpc) is 3.25. The van der Waals surface area contributed by atoms with Gasteiger partial charge in [0.25, 0.3) is 5.91 Å². The SMILES string of the molecule is Cc1ccc(CNC(=O)C[N+]2=C3c4ccccc4SC3C(=O)N(Cc3ccc(F)cc3)C2=O)cc1. The van der Waals surface area contributed by atoms with E-state index in [4.69, 9.17) is 0 Å². The highest BCUT2D eigenvalue weighted by molar-refractivity contribution is 8.02. The molecule has 1 atom stereocenters. The Kier molecular flexibility index (Phi) is 6.21. The molecule has 2 aliphatic rings. The van der Waals surface area contributed by atoms with Crippen LogP contribution in [0.15, 0.2) is 77.7 Å². The van der Waals surface area contributed by atoms with Gasteiger partial charge < -0.3 is 5.32 Å². The Morgan fingerprint density at radius 1 is 1.00 bits per heavy atom. The Morgan fingerprint density at radius 3 is 2.43 bits per heavy atom. The molecule has 0 radical (unpaired) electrons. The Bertz CT molecular complexity index is 1350. The molecular formula is C27H23FN3O3S+. The minimum Gasteiger partial charge on any atom is -0.349 e. The monoisotopic (exact) mass is 488 g/mol. The van der Waals surface area contributed by atoms with Crippen LogP contribution < -0.4 is 5.32 Å². The number of fused-ring (bicyclic) bond motifs is 3. The second kappa shape index (κ2) is 9.46. The number of benzene rings is 3. The van der Waals surface area contributed by atoms with Crippen molar-refractivity contribution in [3.63, 3.8) is 0 Å². The topological polar surface area (TPSA) is 69.5 Å². The van der Waals surface area contributed by atoms with Crippen LogP contribution in [0.2, 0.25) is 0 Å². The maximum atomic E-state index is 13.6. The summed E-state index contributed by atoms with van der Waals surface area (Å²) in [6.45, 7) is 2.12. The molecule has 1 unspecified atom stereocenters. The first kappa shape index (κ1) is 23.0. The van der Waals surface area contributed by atoms with Gasteiger partial charge in [-0.25, -0.2) is 9.18 Å². The second-order valence-electron chi connectivity index (χ2n) is 8.56. The van der Waals surface area contributed by atoms with Crippen LogP contribution in [0.3, 0.4) is 0 Å². The molecule has 3 aromatic carbocycles. The molecule has 176 valence electrons. The normalized spacial score (nSPS) is 16.9. The zero-order valence-corrected chi connectivity index (χ0v) is 19.8. The molecule has 2 heterocycles. The van der Waals surface area contributed by atoms with E-state index in [1.165, 1.54) is 28.5 Å². The Hall–Kier alpha value is -3.78. The summed E-state index contributed by atoms with van der Waals surface area (Å²) in [6, 6.07) is 20.5. The van der Waals surface area contributed by atoms with Gasteiger partial charge in [0.2, 0.25) is 0 Å². The van der Waals surface area contributed by atoms with Gasteiger partial charge in [0, 0.05) is 17.0 Å². The number of nitrogens with zero attached hydrogens (tertiary/aromatic N) is 2. The van der Waals surface area contributed by atoms with E-state index in [0.717, 1.165) is 26.5 Å². The minimum absolute atomic E-state index is 0.000116. The van der Waals surface area contributed by atoms with E-state index in [0.29, 0.717) is 17.8 Å². The van der Waals surface area contributed by atoms with Crippen LogP contribution in [0.1, 0.15) is 22.3 Å². The van der Waals surface area contributed by atoms with Crippen LogP contribution in [0.25, 0.3) is 0 Å². The van der Waals surface area contributed by atoms with E-state index >= 15 is 0 Å². The Labute approximate surface area is 206 Å². The van der Waals surface area contributed by atoms with Crippen molar-refractivity contribution in [1.82, 2.24) is 10.2 Å². The van der Waals surface area contributed by atoms with Crippen molar-refractivity contribution in [2.45, 2.75) is 30.2 Å². The summed E-state index contributed by atoms with van der Waals surface area (Å²) in [5.41, 5.74) is 4.04. The standard InChI is InChI=1S/C27H22FN3O3S/c1-17-6-8-18(9-7-17)14-29-23(32)16-30-24-21-4-2-3-5-22(21)35-25(24)26(33)31(27(30)34)15-19-10-12-20(28)13-11-19/h2-13,25H,14-16H2,1H3/p+1. The summed E-state index contributed by atoms with van der Waals surface area (Å²) in [7, 11) is 0. The van der Waals surface area contributed by atoms with Crippen molar-refractivity contribution in [2.24, 2.45) is 0 Å². The van der Waals surface area contributed by atoms with Crippen LogP contribution in [0.4, 0.5) is 9.18 Å². The highest BCUT2D eigenvalue weighted by Gasteiger charge is 2.52. The highest BCUT2D eigenvalue weighted by Crippen LogP contribution is 2.40. The number of nitrogens with one attached hydrogen (secondary N) is 1. The summed E-state index contributed by atoms with van der Waals surface area (Å²) in [5.74, 6) is -1.06. The van der Waals surface area contributed by atoms with E-state index < -0.39 is 17.1 Å². The zero-order chi connectivity index (χ0) is 24.5. The van der Waals surface area contributed by atoms with Gasteiger partial charge in [-0.15, -0.1) is 11.8 Å². The number of carbonyl (C=O) groups is 3. The number of halogens is 1. The zero-order valence-electron chi connectivity index (χ0n) is 19.0. The molecule has 35 heavy (non-hydrogen) atoms. The molecule has 1 N–H and O–H groups in total. The van der Waals surface area contributed by atoms with E-state index in [9.17, 15) is 18.8 Å². The van der Waals surface area contributed by atoms with Crippen LogP contribution in [0, 0.1) is 12.7 Å². The Morgan fingerprint density at radius 2 is 1.69 bits per heavy atom. The van der Waals surface area contributed by atoms with Crippen molar-refractivity contribution in [3.8, 4) is 0 Å². The van der Waals surface area contributed by atoms with Gasteiger partial charge >= 0.3 is 11.9 Å². The van der Waals surface area contributed by atoms with Crippen molar-refractivity contribution < 1.29 is 23.3 Å². The first-order valence-corrected chi connectivity index (χ1v) is 12.1. The molecule has 0 spiro atoms. The first-order chi connectivity index (χ1) is 16.9. The number of urea groups is 1. The summed E-state index contributed by atoms with van der Waals surface area (Å²) in [6.07, 6.45) is 0. The Balaban J connectivity index is 1.44. The van der Waals surface area contributed by atoms with Gasteiger partial charge in [-0.2, -0.15) is 14.3 Å². The fraction of sp³-hybridized carbons (Fsp3) is 0.185. The van der Waals surface area contributed by atoms with Crippen molar-refractivity contribution >= 4 is 35.3 Å². The van der Waals surface area contributed by atoms with Crippen molar-refractivity contribution in [3.05, 3.63) is 101 Å². The van der Waals surface area contributed by atoms with Crippen LogP contribution in [-0.2, 0) is 22.7 Å². The van der Waals surface area contributed by atoms with Crippen LogP contribution in [0.5, 0.6) is 0 Å². The third-order valence-corrected chi connectivity index (χ3v) is 7.34. The molecule has 2 aliphatic heterocycles. The molecule has 0 aromatic heterocycles. The van der Waals surface area contributed by atoms with Gasteiger partial charge in [0.15, 0.2) is 11.8 Å². The molecule has 4 amide bonds. The van der Waals surface area contributed by atoms with E-state index in [2.05, 4.69) is 5.32 Å². The summed E-state index contributed by atoms with van der Waals surface area (Å²) < 4.78 is 14.8. The summed E-state index contributed by atoms with van der Waals surface area (Å²) in [5, 5.41) is 2.24. The lowest BCUT2D eigenvalue weighted by Crippen LogP contribution is -2.56. The highest BCUT2D eigenvalue weighted by atomic mass is 32.2. The van der Waals surface area contributed by atoms with E-state index in [1.807, 2.05) is 55.5 Å². The maximum Gasteiger partial charge on any atom is 0.501 e. The number of amides is 4. The van der Waals surface area contributed by atoms with Gasteiger partial charge in [-0.05, 0) is 42.3 Å². The molecule has 0 saturated heterocycles. The lowest BCUT2D eigenvalue weighted by Gasteiger charge is -2.24. The van der Waals surface area contributed by atoms with Crippen LogP contribution in [-0.4, -0.2) is 44.8 Å². The van der Waals surface area contributed by atoms with E-state index in [1.54, 1.807) is 12.1 Å². The molecule has 3 aromatic rings. The van der Waals surface area contributed by atoms with Crippen LogP contribution >= 0.6 is 11.8 Å². The second-order valence-corrected chi connectivity index (χ2v) is 9.71. The largest absolute Gasteiger partial charge is 0.501 e. The van der Waals surface area contributed by atoms with Gasteiger partial charge in [-0.1, -0.05) is 54.1 Å². The number of hydrogen-bond acceptors (Lipinski definition) is 4. The lowest BCUT2D eigenvalue weighted by molar-refractivity contribution is -0.427. The smallest absolute Gasteiger partial charge is 0.349 e. The summed E-state index contributed by atoms with van der Waals surface area (Å²) >= 11 is 1.38. The molecule has 6 nitrogen and oxygen atoms in total. The number of thioether (sulfide) groups is 1. The average molecular weight is 489 g/mol. The van der Waals surface area contributed by atoms with Crippen molar-refractivity contribution in [1.29, 1.82) is 0 Å². The van der Waals surface area contributed by atoms with Gasteiger partial charge in [0.05, 0.1) is 0 Å². The van der Waals surface area contributed by atoms with Crippen molar-refractivity contribution in [2.75, 3.05) is 6.54 Å². The number of hydrogen-bond donors (Lipinski definition) is 1. The number of imide groups is 1. The third-order valence-electron chi connectivity index (χ3n) is 6.07. The first-order valence-electron chi connectivity index (χ1n) is 11.2. The predicted molar refractivity (Wildman–Crippen MR) is 131 cm³/mol. The van der Waals surface area contributed by atoms with Gasteiger partial charge in [0.1, 0.15) is 18.1 Å². The number of rotatable bonds is 6. The summed E-state index contributed by atoms with van der Waals surface area (Å²) in [4.78, 5) is 41.9. The van der Waals surface area contributed by atoms with E-state index in [-0.39, 0.29) is 24.9 Å². The molecule has 0 aliphatic carbocycles. The molecule has 0 saturated carbocycles. The number of aryl methyl sites for hydroxylation is 1. The third kappa shape index (κ3) is 4.61. The lowest BCUT2D eigenvalue weighted by atomic mass is 10.0. The fourth-order valence-electron chi connectivity index (χ4n) is 4.22. The fourth-order valence-corrected chi connectivity index (χ4v) is 5.53. The minimum atomic E-state index is -0.629. The molecule has 5 rings (SSSR count). The maximum absolute atomic E-state index is 13.6.